The van der Waals surface area contributed by atoms with Gasteiger partial charge in [0.1, 0.15) is 18.0 Å². The number of carboxylic acids is 1. The predicted octanol–water partition coefficient (Wildman–Crippen LogP) is 5.78. The van der Waals surface area contributed by atoms with E-state index in [4.69, 9.17) is 9.47 Å². The van der Waals surface area contributed by atoms with Gasteiger partial charge in [0.15, 0.2) is 0 Å². The number of aromatic nitrogens is 1. The minimum atomic E-state index is -0.890. The molecule has 0 radical (unpaired) electrons. The van der Waals surface area contributed by atoms with E-state index in [0.29, 0.717) is 37.2 Å². The molecular formula is C30H36N2O4. The first kappa shape index (κ1) is 23.6. The fraction of sp³-hybridized carbons (Fsp3) is 0.500. The summed E-state index contributed by atoms with van der Waals surface area (Å²) in [4.78, 5) is 14.2. The SMILES string of the molecule is CN(C)C[C@@H]1CO[C@]2(COc3ccccc3-c3c(C4CCCCC4)c4ccc(C(=O)O)cc4n3C2)C1. The van der Waals surface area contributed by atoms with Crippen LogP contribution in [-0.4, -0.2) is 60.0 Å². The molecular weight excluding hydrogens is 452 g/mol. The third kappa shape index (κ3) is 4.10. The Morgan fingerprint density at radius 2 is 1.94 bits per heavy atom. The summed E-state index contributed by atoms with van der Waals surface area (Å²) in [6.07, 6.45) is 7.02. The Kier molecular flexibility index (Phi) is 6.05. The fourth-order valence-corrected chi connectivity index (χ4v) is 6.88. The standard InChI is InChI=1S/C30H36N2O4/c1-31(2)16-20-15-30(36-17-20)18-32-25-14-22(29(33)34)12-13-23(25)27(21-8-4-3-5-9-21)28(32)24-10-6-7-11-26(24)35-19-30/h6-7,10-14,20-21H,3-5,8-9,15-19H2,1-2H3,(H,33,34)/t20-,30-/m1/s1. The zero-order valence-corrected chi connectivity index (χ0v) is 21.3. The van der Waals surface area contributed by atoms with Crippen molar-refractivity contribution in [3.05, 3.63) is 53.6 Å². The molecule has 3 aliphatic rings. The van der Waals surface area contributed by atoms with Crippen LogP contribution in [0.2, 0.25) is 0 Å². The maximum Gasteiger partial charge on any atom is 0.335 e. The minimum absolute atomic E-state index is 0.330. The number of hydrogen-bond acceptors (Lipinski definition) is 4. The summed E-state index contributed by atoms with van der Waals surface area (Å²) in [7, 11) is 4.22. The van der Waals surface area contributed by atoms with Crippen LogP contribution in [0.25, 0.3) is 22.2 Å². The van der Waals surface area contributed by atoms with Crippen LogP contribution in [0.5, 0.6) is 5.75 Å². The van der Waals surface area contributed by atoms with Crippen LogP contribution in [-0.2, 0) is 11.3 Å². The van der Waals surface area contributed by atoms with Gasteiger partial charge in [0.25, 0.3) is 0 Å². The van der Waals surface area contributed by atoms with Gasteiger partial charge in [-0.3, -0.25) is 0 Å². The first-order chi connectivity index (χ1) is 17.4. The average molecular weight is 489 g/mol. The Balaban J connectivity index is 1.58. The Morgan fingerprint density at radius 3 is 2.72 bits per heavy atom. The number of carboxylic acid groups (broad SMARTS) is 1. The normalized spacial score (nSPS) is 24.4. The second-order valence-electron chi connectivity index (χ2n) is 11.3. The second-order valence-corrected chi connectivity index (χ2v) is 11.3. The third-order valence-electron chi connectivity index (χ3n) is 8.35. The van der Waals surface area contributed by atoms with Crippen LogP contribution >= 0.6 is 0 Å². The molecule has 6 rings (SSSR count). The Labute approximate surface area is 212 Å². The van der Waals surface area contributed by atoms with Gasteiger partial charge in [0, 0.05) is 23.0 Å². The molecule has 1 aliphatic carbocycles. The highest BCUT2D eigenvalue weighted by molar-refractivity contribution is 5.98. The molecule has 190 valence electrons. The predicted molar refractivity (Wildman–Crippen MR) is 141 cm³/mol. The van der Waals surface area contributed by atoms with Crippen molar-refractivity contribution in [1.29, 1.82) is 0 Å². The molecule has 2 atom stereocenters. The lowest BCUT2D eigenvalue weighted by Crippen LogP contribution is -2.41. The summed E-state index contributed by atoms with van der Waals surface area (Å²) in [6.45, 7) is 2.85. The fourth-order valence-electron chi connectivity index (χ4n) is 6.88. The van der Waals surface area contributed by atoms with Gasteiger partial charge >= 0.3 is 5.97 Å². The number of hydrogen-bond donors (Lipinski definition) is 1. The van der Waals surface area contributed by atoms with Gasteiger partial charge in [-0.1, -0.05) is 37.5 Å². The summed E-state index contributed by atoms with van der Waals surface area (Å²) in [5.41, 5.74) is 4.53. The molecule has 1 saturated heterocycles. The van der Waals surface area contributed by atoms with Crippen molar-refractivity contribution < 1.29 is 19.4 Å². The number of carbonyl (C=O) groups is 1. The maximum absolute atomic E-state index is 12.0. The molecule has 3 aromatic rings. The first-order valence-electron chi connectivity index (χ1n) is 13.3. The minimum Gasteiger partial charge on any atom is -0.490 e. The molecule has 1 N–H and O–H groups in total. The monoisotopic (exact) mass is 488 g/mol. The lowest BCUT2D eigenvalue weighted by atomic mass is 9.81. The van der Waals surface area contributed by atoms with E-state index in [1.54, 1.807) is 6.07 Å². The number of benzene rings is 2. The summed E-state index contributed by atoms with van der Waals surface area (Å²) < 4.78 is 15.5. The number of aromatic carboxylic acids is 1. The lowest BCUT2D eigenvalue weighted by Gasteiger charge is -2.34. The van der Waals surface area contributed by atoms with E-state index in [9.17, 15) is 9.90 Å². The van der Waals surface area contributed by atoms with Crippen LogP contribution < -0.4 is 4.74 Å². The highest BCUT2D eigenvalue weighted by Gasteiger charge is 2.44. The van der Waals surface area contributed by atoms with Crippen molar-refractivity contribution in [2.45, 2.75) is 56.6 Å². The third-order valence-corrected chi connectivity index (χ3v) is 8.35. The molecule has 6 nitrogen and oxygen atoms in total. The highest BCUT2D eigenvalue weighted by atomic mass is 16.5. The van der Waals surface area contributed by atoms with Gasteiger partial charge in [-0.15, -0.1) is 0 Å². The van der Waals surface area contributed by atoms with Crippen LogP contribution in [0, 0.1) is 5.92 Å². The van der Waals surface area contributed by atoms with E-state index in [0.717, 1.165) is 29.8 Å². The topological polar surface area (TPSA) is 63.9 Å². The van der Waals surface area contributed by atoms with Crippen molar-refractivity contribution >= 4 is 16.9 Å². The summed E-state index contributed by atoms with van der Waals surface area (Å²) in [5.74, 6) is 0.897. The van der Waals surface area contributed by atoms with Gasteiger partial charge < -0.3 is 24.0 Å². The highest BCUT2D eigenvalue weighted by Crippen LogP contribution is 2.48. The second kappa shape index (κ2) is 9.24. The Bertz CT molecular complexity index is 1290. The quantitative estimate of drug-likeness (QED) is 0.504. The summed E-state index contributed by atoms with van der Waals surface area (Å²) in [6, 6.07) is 14.0. The van der Waals surface area contributed by atoms with E-state index in [2.05, 4.69) is 41.8 Å². The molecule has 3 heterocycles. The number of fused-ring (bicyclic) bond motifs is 5. The van der Waals surface area contributed by atoms with E-state index >= 15 is 0 Å². The molecule has 0 amide bonds. The molecule has 1 saturated carbocycles. The molecule has 2 aromatic carbocycles. The van der Waals surface area contributed by atoms with Crippen LogP contribution in [0.15, 0.2) is 42.5 Å². The first-order valence-corrected chi connectivity index (χ1v) is 13.3. The Hall–Kier alpha value is -2.83. The van der Waals surface area contributed by atoms with Gasteiger partial charge in [0.2, 0.25) is 0 Å². The van der Waals surface area contributed by atoms with Crippen LogP contribution in [0.1, 0.15) is 60.4 Å². The molecule has 6 heteroatoms. The van der Waals surface area contributed by atoms with E-state index in [-0.39, 0.29) is 0 Å². The van der Waals surface area contributed by atoms with E-state index < -0.39 is 11.6 Å². The lowest BCUT2D eigenvalue weighted by molar-refractivity contribution is -0.0429. The molecule has 0 unspecified atom stereocenters. The number of nitrogens with zero attached hydrogens (tertiary/aromatic N) is 2. The zero-order valence-electron chi connectivity index (χ0n) is 21.3. The molecule has 2 fully saturated rings. The van der Waals surface area contributed by atoms with Crippen LogP contribution in [0.4, 0.5) is 0 Å². The van der Waals surface area contributed by atoms with Gasteiger partial charge in [-0.05, 0) is 75.0 Å². The molecule has 1 spiro atoms. The van der Waals surface area contributed by atoms with Crippen molar-refractivity contribution in [3.8, 4) is 17.0 Å². The largest absolute Gasteiger partial charge is 0.490 e. The number of rotatable bonds is 4. The van der Waals surface area contributed by atoms with Crippen molar-refractivity contribution in [2.24, 2.45) is 5.92 Å². The van der Waals surface area contributed by atoms with Crippen molar-refractivity contribution in [2.75, 3.05) is 33.9 Å². The van der Waals surface area contributed by atoms with Crippen molar-refractivity contribution in [1.82, 2.24) is 9.47 Å². The summed E-state index contributed by atoms with van der Waals surface area (Å²) in [5, 5.41) is 11.0. The summed E-state index contributed by atoms with van der Waals surface area (Å²) >= 11 is 0. The van der Waals surface area contributed by atoms with Crippen molar-refractivity contribution in [3.63, 3.8) is 0 Å². The molecule has 0 bridgehead atoms. The maximum atomic E-state index is 12.0. The molecule has 2 aliphatic heterocycles. The smallest absolute Gasteiger partial charge is 0.335 e. The van der Waals surface area contributed by atoms with Gasteiger partial charge in [-0.2, -0.15) is 0 Å². The average Bonchev–Trinajstić information content (AvgIpc) is 3.40. The zero-order chi connectivity index (χ0) is 24.9. The van der Waals surface area contributed by atoms with Gasteiger partial charge in [-0.25, -0.2) is 4.79 Å². The van der Waals surface area contributed by atoms with Crippen LogP contribution in [0.3, 0.4) is 0 Å². The number of ether oxygens (including phenoxy) is 2. The van der Waals surface area contributed by atoms with Gasteiger partial charge in [0.05, 0.1) is 24.4 Å². The molecule has 36 heavy (non-hydrogen) atoms. The van der Waals surface area contributed by atoms with E-state index in [1.165, 1.54) is 48.7 Å². The molecule has 1 aromatic heterocycles. The number of para-hydroxylation sites is 1. The Morgan fingerprint density at radius 1 is 1.14 bits per heavy atom. The van der Waals surface area contributed by atoms with E-state index in [1.807, 2.05) is 18.2 Å².